The average molecular weight is 346 g/mol. The maximum atomic E-state index is 12.2. The normalized spacial score (nSPS) is 15.2. The fraction of sp³-hybridized carbons (Fsp3) is 0.579. The number of amides is 3. The van der Waals surface area contributed by atoms with E-state index in [1.165, 1.54) is 5.56 Å². The van der Waals surface area contributed by atoms with Gasteiger partial charge in [0.15, 0.2) is 0 Å². The zero-order chi connectivity index (χ0) is 18.1. The fourth-order valence-electron chi connectivity index (χ4n) is 2.92. The number of piperazine rings is 1. The van der Waals surface area contributed by atoms with Crippen molar-refractivity contribution in [2.24, 2.45) is 0 Å². The number of carbonyl (C=O) groups is 2. The van der Waals surface area contributed by atoms with E-state index in [-0.39, 0.29) is 18.0 Å². The van der Waals surface area contributed by atoms with Gasteiger partial charge in [-0.25, -0.2) is 4.79 Å². The van der Waals surface area contributed by atoms with Crippen molar-refractivity contribution in [1.82, 2.24) is 20.4 Å². The molecule has 2 rings (SSSR count). The first-order chi connectivity index (χ1) is 12.0. The first-order valence-corrected chi connectivity index (χ1v) is 9.13. The van der Waals surface area contributed by atoms with Gasteiger partial charge >= 0.3 is 6.03 Å². The molecule has 6 heteroatoms. The minimum absolute atomic E-state index is 0.000608. The van der Waals surface area contributed by atoms with Crippen LogP contribution in [0.4, 0.5) is 4.79 Å². The van der Waals surface area contributed by atoms with E-state index in [9.17, 15) is 9.59 Å². The van der Waals surface area contributed by atoms with E-state index in [0.717, 1.165) is 25.9 Å². The maximum absolute atomic E-state index is 12.2. The molecule has 1 aromatic carbocycles. The second kappa shape index (κ2) is 10.0. The third-order valence-corrected chi connectivity index (χ3v) is 4.24. The number of hydrogen-bond donors (Lipinski definition) is 2. The molecule has 0 bridgehead atoms. The van der Waals surface area contributed by atoms with Crippen molar-refractivity contribution in [3.8, 4) is 0 Å². The fourth-order valence-corrected chi connectivity index (χ4v) is 2.92. The summed E-state index contributed by atoms with van der Waals surface area (Å²) in [5, 5.41) is 5.89. The van der Waals surface area contributed by atoms with E-state index < -0.39 is 0 Å². The number of rotatable bonds is 7. The molecule has 0 saturated carbocycles. The van der Waals surface area contributed by atoms with Crippen molar-refractivity contribution in [1.29, 1.82) is 0 Å². The van der Waals surface area contributed by atoms with E-state index in [1.807, 2.05) is 36.9 Å². The number of benzene rings is 1. The van der Waals surface area contributed by atoms with Gasteiger partial charge in [-0.15, -0.1) is 0 Å². The van der Waals surface area contributed by atoms with Crippen LogP contribution in [0.3, 0.4) is 0 Å². The highest BCUT2D eigenvalue weighted by Gasteiger charge is 2.22. The quantitative estimate of drug-likeness (QED) is 0.735. The summed E-state index contributed by atoms with van der Waals surface area (Å²) in [5.74, 6) is 0.0498. The van der Waals surface area contributed by atoms with Crippen molar-refractivity contribution < 1.29 is 9.59 Å². The van der Waals surface area contributed by atoms with Gasteiger partial charge in [0.05, 0.1) is 6.54 Å². The monoisotopic (exact) mass is 346 g/mol. The molecule has 0 unspecified atom stereocenters. The van der Waals surface area contributed by atoms with Crippen LogP contribution < -0.4 is 10.6 Å². The molecule has 138 valence electrons. The van der Waals surface area contributed by atoms with E-state index in [1.54, 1.807) is 0 Å². The molecule has 0 aliphatic carbocycles. The summed E-state index contributed by atoms with van der Waals surface area (Å²) < 4.78 is 0. The molecule has 6 nitrogen and oxygen atoms in total. The SMILES string of the molecule is CC(C)NC(=O)CN1CCN(C(=O)NCCCc2ccccc2)CC1. The predicted molar refractivity (Wildman–Crippen MR) is 99.5 cm³/mol. The molecule has 2 N–H and O–H groups in total. The van der Waals surface area contributed by atoms with E-state index >= 15 is 0 Å². The van der Waals surface area contributed by atoms with Crippen LogP contribution in [0.25, 0.3) is 0 Å². The van der Waals surface area contributed by atoms with Crippen LogP contribution in [-0.4, -0.2) is 67.0 Å². The summed E-state index contributed by atoms with van der Waals surface area (Å²) in [4.78, 5) is 27.9. The second-order valence-electron chi connectivity index (χ2n) is 6.81. The van der Waals surface area contributed by atoms with E-state index in [0.29, 0.717) is 26.2 Å². The topological polar surface area (TPSA) is 64.7 Å². The van der Waals surface area contributed by atoms with E-state index in [4.69, 9.17) is 0 Å². The molecule has 1 heterocycles. The second-order valence-corrected chi connectivity index (χ2v) is 6.81. The van der Waals surface area contributed by atoms with Gasteiger partial charge in [0.25, 0.3) is 0 Å². The molecule has 3 amide bonds. The number of urea groups is 1. The van der Waals surface area contributed by atoms with Gasteiger partial charge in [-0.1, -0.05) is 30.3 Å². The molecule has 0 atom stereocenters. The summed E-state index contributed by atoms with van der Waals surface area (Å²) in [5.41, 5.74) is 1.30. The predicted octanol–water partition coefficient (Wildman–Crippen LogP) is 1.47. The van der Waals surface area contributed by atoms with Crippen LogP contribution in [-0.2, 0) is 11.2 Å². The lowest BCUT2D eigenvalue weighted by Crippen LogP contribution is -2.53. The van der Waals surface area contributed by atoms with Crippen molar-refractivity contribution in [2.45, 2.75) is 32.7 Å². The first-order valence-electron chi connectivity index (χ1n) is 9.13. The van der Waals surface area contributed by atoms with E-state index in [2.05, 4.69) is 27.7 Å². The molecule has 1 saturated heterocycles. The van der Waals surface area contributed by atoms with Crippen LogP contribution in [0.1, 0.15) is 25.8 Å². The molecule has 1 aliphatic heterocycles. The lowest BCUT2D eigenvalue weighted by molar-refractivity contribution is -0.123. The van der Waals surface area contributed by atoms with Crippen LogP contribution >= 0.6 is 0 Å². The summed E-state index contributed by atoms with van der Waals surface area (Å²) in [6.07, 6.45) is 1.91. The van der Waals surface area contributed by atoms with Crippen molar-refractivity contribution in [3.05, 3.63) is 35.9 Å². The number of hydrogen-bond acceptors (Lipinski definition) is 3. The van der Waals surface area contributed by atoms with Gasteiger partial charge in [-0.2, -0.15) is 0 Å². The highest BCUT2D eigenvalue weighted by Crippen LogP contribution is 2.03. The Morgan fingerprint density at radius 2 is 1.76 bits per heavy atom. The van der Waals surface area contributed by atoms with Gasteiger partial charge in [0.1, 0.15) is 0 Å². The van der Waals surface area contributed by atoms with Crippen LogP contribution in [0.2, 0.25) is 0 Å². The third-order valence-electron chi connectivity index (χ3n) is 4.24. The standard InChI is InChI=1S/C19H30N4O2/c1-16(2)21-18(24)15-22-11-13-23(14-12-22)19(25)20-10-6-9-17-7-4-3-5-8-17/h3-5,7-8,16H,6,9-15H2,1-2H3,(H,20,25)(H,21,24). The zero-order valence-electron chi connectivity index (χ0n) is 15.3. The largest absolute Gasteiger partial charge is 0.353 e. The third kappa shape index (κ3) is 7.13. The van der Waals surface area contributed by atoms with Gasteiger partial charge in [0.2, 0.25) is 5.91 Å². The minimum Gasteiger partial charge on any atom is -0.353 e. The van der Waals surface area contributed by atoms with Crippen molar-refractivity contribution in [2.75, 3.05) is 39.3 Å². The first kappa shape index (κ1) is 19.2. The summed E-state index contributed by atoms with van der Waals surface area (Å²) in [7, 11) is 0. The van der Waals surface area contributed by atoms with Gasteiger partial charge in [0, 0.05) is 38.8 Å². The lowest BCUT2D eigenvalue weighted by atomic mass is 10.1. The van der Waals surface area contributed by atoms with Gasteiger partial charge < -0.3 is 15.5 Å². The highest BCUT2D eigenvalue weighted by molar-refractivity contribution is 5.78. The lowest BCUT2D eigenvalue weighted by Gasteiger charge is -2.34. The average Bonchev–Trinajstić information content (AvgIpc) is 2.59. The number of nitrogens with zero attached hydrogens (tertiary/aromatic N) is 2. The van der Waals surface area contributed by atoms with Gasteiger partial charge in [-0.3, -0.25) is 9.69 Å². The molecule has 0 aromatic heterocycles. The van der Waals surface area contributed by atoms with Crippen LogP contribution in [0.5, 0.6) is 0 Å². The molecule has 0 spiro atoms. The Morgan fingerprint density at radius 3 is 2.40 bits per heavy atom. The minimum atomic E-state index is -0.000608. The zero-order valence-corrected chi connectivity index (χ0v) is 15.3. The number of carbonyl (C=O) groups excluding carboxylic acids is 2. The Balaban J connectivity index is 1.60. The highest BCUT2D eigenvalue weighted by atomic mass is 16.2. The Kier molecular flexibility index (Phi) is 7.73. The van der Waals surface area contributed by atoms with Crippen molar-refractivity contribution >= 4 is 11.9 Å². The molecular weight excluding hydrogens is 316 g/mol. The molecule has 1 aliphatic rings. The molecule has 0 radical (unpaired) electrons. The Morgan fingerprint density at radius 1 is 1.08 bits per heavy atom. The Bertz CT molecular complexity index is 540. The molecular formula is C19H30N4O2. The van der Waals surface area contributed by atoms with Crippen LogP contribution in [0, 0.1) is 0 Å². The summed E-state index contributed by atoms with van der Waals surface area (Å²) in [6, 6.07) is 10.5. The smallest absolute Gasteiger partial charge is 0.317 e. The van der Waals surface area contributed by atoms with Crippen LogP contribution in [0.15, 0.2) is 30.3 Å². The Labute approximate surface area is 150 Å². The van der Waals surface area contributed by atoms with Crippen molar-refractivity contribution in [3.63, 3.8) is 0 Å². The summed E-state index contributed by atoms with van der Waals surface area (Å²) >= 11 is 0. The molecule has 25 heavy (non-hydrogen) atoms. The number of aryl methyl sites for hydroxylation is 1. The van der Waals surface area contributed by atoms with Gasteiger partial charge in [-0.05, 0) is 32.3 Å². The molecule has 1 fully saturated rings. The Hall–Kier alpha value is -2.08. The molecule has 1 aromatic rings. The maximum Gasteiger partial charge on any atom is 0.317 e. The summed E-state index contributed by atoms with van der Waals surface area (Å²) in [6.45, 7) is 7.82. The number of nitrogens with one attached hydrogen (secondary N) is 2.